The fraction of sp³-hybridized carbons (Fsp3) is 0.613. The van der Waals surface area contributed by atoms with Crippen LogP contribution in [-0.2, 0) is 59.0 Å². The van der Waals surface area contributed by atoms with Gasteiger partial charge in [-0.2, -0.15) is 0 Å². The molecule has 1 aromatic carbocycles. The van der Waals surface area contributed by atoms with Crippen molar-refractivity contribution in [1.29, 1.82) is 0 Å². The molecule has 0 aliphatic carbocycles. The van der Waals surface area contributed by atoms with Gasteiger partial charge in [-0.3, -0.25) is 24.1 Å². The van der Waals surface area contributed by atoms with Crippen LogP contribution in [0.25, 0.3) is 0 Å². The first kappa shape index (κ1) is 40.5. The van der Waals surface area contributed by atoms with E-state index in [1.54, 1.807) is 47.7 Å². The van der Waals surface area contributed by atoms with Crippen molar-refractivity contribution in [3.8, 4) is 5.75 Å². The lowest BCUT2D eigenvalue weighted by molar-refractivity contribution is -0.282. The van der Waals surface area contributed by atoms with Crippen LogP contribution in [0.15, 0.2) is 24.3 Å². The Bertz CT molecular complexity index is 1290. The summed E-state index contributed by atoms with van der Waals surface area (Å²) in [5, 5.41) is 0. The second kappa shape index (κ2) is 18.7. The number of carbonyl (C=O) groups excluding carboxylic acids is 6. The molecule has 48 heavy (non-hydrogen) atoms. The maximum absolute atomic E-state index is 12.8. The Balaban J connectivity index is 2.15. The van der Waals surface area contributed by atoms with Gasteiger partial charge in [-0.05, 0) is 44.7 Å². The third-order valence-corrected chi connectivity index (χ3v) is 9.32. The van der Waals surface area contributed by atoms with E-state index in [4.69, 9.17) is 33.2 Å². The van der Waals surface area contributed by atoms with Gasteiger partial charge in [0.05, 0.1) is 13.8 Å². The highest BCUT2D eigenvalue weighted by molar-refractivity contribution is 8.76. The molecule has 1 aliphatic heterocycles. The average Bonchev–Trinajstić information content (AvgIpc) is 3.00. The molecule has 1 fully saturated rings. The Morgan fingerprint density at radius 2 is 1.46 bits per heavy atom. The topological polar surface area (TPSA) is 174 Å². The van der Waals surface area contributed by atoms with E-state index in [1.165, 1.54) is 21.9 Å². The van der Waals surface area contributed by atoms with E-state index in [0.717, 1.165) is 27.9 Å². The molecule has 268 valence electrons. The van der Waals surface area contributed by atoms with Crippen molar-refractivity contribution >= 4 is 57.5 Å². The molecule has 1 heterocycles. The van der Waals surface area contributed by atoms with Gasteiger partial charge in [0.25, 0.3) is 0 Å². The molecule has 5 atom stereocenters. The number of esters is 4. The van der Waals surface area contributed by atoms with Crippen LogP contribution >= 0.6 is 21.6 Å². The molecule has 0 N–H and O–H groups in total. The van der Waals surface area contributed by atoms with Crippen LogP contribution in [0.4, 0.5) is 4.79 Å². The van der Waals surface area contributed by atoms with Crippen molar-refractivity contribution in [1.82, 2.24) is 9.80 Å². The van der Waals surface area contributed by atoms with Gasteiger partial charge >= 0.3 is 30.0 Å². The van der Waals surface area contributed by atoms with E-state index in [1.807, 2.05) is 20.1 Å². The number of ether oxygens (including phenoxy) is 7. The minimum absolute atomic E-state index is 0.0606. The van der Waals surface area contributed by atoms with E-state index >= 15 is 0 Å². The summed E-state index contributed by atoms with van der Waals surface area (Å²) in [6.07, 6.45) is -5.93. The van der Waals surface area contributed by atoms with E-state index in [2.05, 4.69) is 0 Å². The Morgan fingerprint density at radius 3 is 1.98 bits per heavy atom. The monoisotopic (exact) mass is 716 g/mol. The number of amides is 2. The Morgan fingerprint density at radius 1 is 0.896 bits per heavy atom. The van der Waals surface area contributed by atoms with Crippen molar-refractivity contribution in [2.45, 2.75) is 90.0 Å². The molecule has 0 unspecified atom stereocenters. The lowest BCUT2D eigenvalue weighted by atomic mass is 9.97. The average molecular weight is 717 g/mol. The number of rotatable bonds is 15. The number of carbonyl (C=O) groups is 6. The third kappa shape index (κ3) is 12.4. The zero-order chi connectivity index (χ0) is 36.2. The molecule has 15 nitrogen and oxygen atoms in total. The number of nitrogens with zero attached hydrogens (tertiary/aromatic N) is 2. The van der Waals surface area contributed by atoms with Crippen LogP contribution in [-0.4, -0.2) is 115 Å². The molecule has 0 saturated carbocycles. The maximum atomic E-state index is 12.8. The second-order valence-electron chi connectivity index (χ2n) is 11.3. The molecule has 1 aliphatic rings. The first-order valence-corrected chi connectivity index (χ1v) is 17.5. The van der Waals surface area contributed by atoms with Crippen LogP contribution < -0.4 is 4.74 Å². The third-order valence-electron chi connectivity index (χ3n) is 6.71. The quantitative estimate of drug-likeness (QED) is 0.112. The number of hydrogen-bond acceptors (Lipinski definition) is 15. The summed E-state index contributed by atoms with van der Waals surface area (Å²) in [4.78, 5) is 76.9. The zero-order valence-electron chi connectivity index (χ0n) is 28.5. The van der Waals surface area contributed by atoms with Gasteiger partial charge in [0.15, 0.2) is 18.3 Å². The van der Waals surface area contributed by atoms with Gasteiger partial charge < -0.3 is 38.1 Å². The van der Waals surface area contributed by atoms with E-state index in [9.17, 15) is 28.8 Å². The van der Waals surface area contributed by atoms with E-state index in [0.29, 0.717) is 18.5 Å². The van der Waals surface area contributed by atoms with Crippen LogP contribution in [0, 0.1) is 0 Å². The lowest BCUT2D eigenvalue weighted by Crippen LogP contribution is -2.64. The fourth-order valence-electron chi connectivity index (χ4n) is 4.59. The van der Waals surface area contributed by atoms with Crippen molar-refractivity contribution in [3.05, 3.63) is 29.8 Å². The molecule has 2 rings (SSSR count). The summed E-state index contributed by atoms with van der Waals surface area (Å²) in [6.45, 7) is 9.31. The van der Waals surface area contributed by atoms with Gasteiger partial charge in [0.2, 0.25) is 18.3 Å². The summed E-state index contributed by atoms with van der Waals surface area (Å²) in [5.41, 5.74) is 0.591. The van der Waals surface area contributed by atoms with Gasteiger partial charge in [-0.25, -0.2) is 9.59 Å². The Labute approximate surface area is 287 Å². The molecular weight excluding hydrogens is 672 g/mol. The predicted octanol–water partition coefficient (Wildman–Crippen LogP) is 3.31. The SMILES string of the molecule is CCN(CN(C)C(=O)CC(C)(C)SSC)C(=O)OCc1ccc(O[C@@H]2O[C@H](C(=O)OC)[C@@H](OC(C)=O)[C@H](OC(C)=O)[C@H]2OC(C)=O)cc1. The normalized spacial score (nSPS) is 20.5. The number of methoxy groups -OCH3 is 1. The molecule has 17 heteroatoms. The minimum Gasteiger partial charge on any atom is -0.467 e. The van der Waals surface area contributed by atoms with Crippen LogP contribution in [0.1, 0.15) is 53.5 Å². The lowest BCUT2D eigenvalue weighted by Gasteiger charge is -2.43. The summed E-state index contributed by atoms with van der Waals surface area (Å²) in [7, 11) is 5.92. The smallest absolute Gasteiger partial charge is 0.411 e. The summed E-state index contributed by atoms with van der Waals surface area (Å²) in [6, 6.07) is 6.24. The maximum Gasteiger partial charge on any atom is 0.411 e. The molecule has 0 aromatic heterocycles. The molecule has 1 aromatic rings. The van der Waals surface area contributed by atoms with Crippen molar-refractivity contribution < 1.29 is 61.9 Å². The molecular formula is C31H44N2O13S2. The highest BCUT2D eigenvalue weighted by Crippen LogP contribution is 2.36. The van der Waals surface area contributed by atoms with Crippen molar-refractivity contribution in [2.24, 2.45) is 0 Å². The predicted molar refractivity (Wildman–Crippen MR) is 174 cm³/mol. The fourth-order valence-corrected chi connectivity index (χ4v) is 6.75. The zero-order valence-corrected chi connectivity index (χ0v) is 30.2. The molecule has 0 spiro atoms. The van der Waals surface area contributed by atoms with Gasteiger partial charge in [-0.1, -0.05) is 33.7 Å². The largest absolute Gasteiger partial charge is 0.467 e. The van der Waals surface area contributed by atoms with Gasteiger partial charge in [0.1, 0.15) is 12.4 Å². The number of benzene rings is 1. The van der Waals surface area contributed by atoms with E-state index < -0.39 is 60.7 Å². The van der Waals surface area contributed by atoms with Crippen molar-refractivity contribution in [3.63, 3.8) is 0 Å². The van der Waals surface area contributed by atoms with Crippen LogP contribution in [0.2, 0.25) is 0 Å². The van der Waals surface area contributed by atoms with E-state index in [-0.39, 0.29) is 29.7 Å². The Hall–Kier alpha value is -3.70. The van der Waals surface area contributed by atoms with Gasteiger partial charge in [-0.15, -0.1) is 0 Å². The highest BCUT2D eigenvalue weighted by Gasteiger charge is 2.55. The first-order valence-electron chi connectivity index (χ1n) is 14.9. The first-order chi connectivity index (χ1) is 22.5. The minimum atomic E-state index is -1.60. The molecule has 1 saturated heterocycles. The summed E-state index contributed by atoms with van der Waals surface area (Å²) >= 11 is 0. The molecule has 0 radical (unpaired) electrons. The van der Waals surface area contributed by atoms with Gasteiger partial charge in [0, 0.05) is 45.5 Å². The second-order valence-corrected chi connectivity index (χ2v) is 14.4. The van der Waals surface area contributed by atoms with Crippen LogP contribution in [0.3, 0.4) is 0 Å². The molecule has 0 bridgehead atoms. The number of hydrogen-bond donors (Lipinski definition) is 0. The molecule has 2 amide bonds. The van der Waals surface area contributed by atoms with Crippen molar-refractivity contribution in [2.75, 3.05) is 33.6 Å². The highest BCUT2D eigenvalue weighted by atomic mass is 33.1. The Kier molecular flexibility index (Phi) is 15.8. The standard InChI is InChI=1S/C31H44N2O13S2/c1-10-33(17-32(7)23(37)15-31(5,6)48-47-9)30(39)41-16-21-11-13-22(14-12-21)45-29-27(44-20(4)36)25(43-19(3)35)24(42-18(2)34)26(46-29)28(38)40-8/h11-14,24-27,29H,10,15-17H2,1-9H3/t24-,25-,26-,27+,29+/m0/s1. The summed E-state index contributed by atoms with van der Waals surface area (Å²) in [5.74, 6) is -3.30. The summed E-state index contributed by atoms with van der Waals surface area (Å²) < 4.78 is 37.6. The van der Waals surface area contributed by atoms with Crippen LogP contribution in [0.5, 0.6) is 5.75 Å².